The van der Waals surface area contributed by atoms with Gasteiger partial charge >= 0.3 is 0 Å². The molecule has 0 unspecified atom stereocenters. The molecule has 0 heterocycles. The summed E-state index contributed by atoms with van der Waals surface area (Å²) in [6.07, 6.45) is 2.40. The lowest BCUT2D eigenvalue weighted by Crippen LogP contribution is -2.20. The third-order valence-corrected chi connectivity index (χ3v) is 1.72. The number of hydrogen-bond donors (Lipinski definition) is 2. The Bertz CT molecular complexity index is 341. The van der Waals surface area contributed by atoms with E-state index >= 15 is 0 Å². The van der Waals surface area contributed by atoms with Crippen molar-refractivity contribution in [2.24, 2.45) is 11.6 Å². The van der Waals surface area contributed by atoms with Gasteiger partial charge in [-0.05, 0) is 5.56 Å². The van der Waals surface area contributed by atoms with Gasteiger partial charge in [0.15, 0.2) is 0 Å². The number of benzene rings is 1. The van der Waals surface area contributed by atoms with Crippen LogP contribution in [0.15, 0.2) is 30.5 Å². The first-order valence-corrected chi connectivity index (χ1v) is 4.14. The summed E-state index contributed by atoms with van der Waals surface area (Å²) in [5.74, 6) is 5.41. The molecule has 4 heteroatoms. The van der Waals surface area contributed by atoms with Gasteiger partial charge < -0.3 is 10.7 Å². The van der Waals surface area contributed by atoms with Gasteiger partial charge in [0, 0.05) is 18.8 Å². The van der Waals surface area contributed by atoms with E-state index < -0.39 is 0 Å². The molecule has 0 aliphatic carbocycles. The number of aldehydes is 1. The van der Waals surface area contributed by atoms with Crippen LogP contribution in [-0.4, -0.2) is 18.3 Å². The zero-order valence-corrected chi connectivity index (χ0v) is 7.97. The molecule has 0 fully saturated rings. The summed E-state index contributed by atoms with van der Waals surface area (Å²) in [5, 5.41) is 1.38. The molecule has 1 aromatic rings. The summed E-state index contributed by atoms with van der Waals surface area (Å²) in [4.78, 5) is 10.4. The Morgan fingerprint density at radius 3 is 2.36 bits per heavy atom. The zero-order valence-electron chi connectivity index (χ0n) is 7.97. The lowest BCUT2D eigenvalue weighted by atomic mass is 10.1. The van der Waals surface area contributed by atoms with E-state index in [-0.39, 0.29) is 0 Å². The third-order valence-electron chi connectivity index (χ3n) is 1.72. The van der Waals surface area contributed by atoms with Crippen molar-refractivity contribution in [2.45, 2.75) is 0 Å². The molecule has 0 aliphatic rings. The Morgan fingerprint density at radius 2 is 1.93 bits per heavy atom. The molecule has 0 amide bonds. The second-order valence-corrected chi connectivity index (χ2v) is 2.99. The Balaban J connectivity index is 2.92. The summed E-state index contributed by atoms with van der Waals surface area (Å²) in [6.45, 7) is 0. The van der Waals surface area contributed by atoms with Crippen molar-refractivity contribution in [3.8, 4) is 0 Å². The number of hydrogen-bond acceptors (Lipinski definition) is 4. The number of nitrogens with two attached hydrogens (primary N) is 2. The van der Waals surface area contributed by atoms with E-state index in [0.717, 1.165) is 11.8 Å². The van der Waals surface area contributed by atoms with Gasteiger partial charge in [0.05, 0.1) is 5.70 Å². The number of rotatable bonds is 3. The minimum atomic E-state index is 0.562. The highest BCUT2D eigenvalue weighted by Gasteiger charge is 1.96. The molecule has 4 nitrogen and oxygen atoms in total. The molecular formula is C10H13N3O. The van der Waals surface area contributed by atoms with Crippen LogP contribution in [0, 0.1) is 0 Å². The van der Waals surface area contributed by atoms with Crippen LogP contribution in [0.2, 0.25) is 0 Å². The fourth-order valence-electron chi connectivity index (χ4n) is 1.05. The van der Waals surface area contributed by atoms with Crippen LogP contribution in [0.4, 0.5) is 0 Å². The molecule has 0 spiro atoms. The monoisotopic (exact) mass is 191 g/mol. The largest absolute Gasteiger partial charge is 0.397 e. The van der Waals surface area contributed by atoms with E-state index in [0.29, 0.717) is 11.3 Å². The van der Waals surface area contributed by atoms with Gasteiger partial charge in [-0.15, -0.1) is 0 Å². The summed E-state index contributed by atoms with van der Waals surface area (Å²) in [5.41, 5.74) is 7.77. The number of nitrogens with zero attached hydrogens (tertiary/aromatic N) is 1. The highest BCUT2D eigenvalue weighted by Crippen LogP contribution is 2.09. The first-order valence-electron chi connectivity index (χ1n) is 4.14. The molecule has 74 valence electrons. The van der Waals surface area contributed by atoms with Crippen molar-refractivity contribution in [3.05, 3.63) is 41.6 Å². The van der Waals surface area contributed by atoms with Crippen LogP contribution in [-0.2, 0) is 0 Å². The second kappa shape index (κ2) is 4.43. The van der Waals surface area contributed by atoms with Crippen molar-refractivity contribution in [2.75, 3.05) is 7.05 Å². The van der Waals surface area contributed by atoms with Gasteiger partial charge in [0.1, 0.15) is 6.29 Å². The van der Waals surface area contributed by atoms with Crippen LogP contribution in [0.25, 0.3) is 5.70 Å². The van der Waals surface area contributed by atoms with Crippen molar-refractivity contribution in [1.82, 2.24) is 5.01 Å². The normalized spacial score (nSPS) is 11.1. The maximum atomic E-state index is 10.4. The highest BCUT2D eigenvalue weighted by atomic mass is 16.1. The maximum absolute atomic E-state index is 10.4. The quantitative estimate of drug-likeness (QED) is 0.416. The average molecular weight is 191 g/mol. The van der Waals surface area contributed by atoms with Gasteiger partial charge in [-0.25, -0.2) is 5.84 Å². The molecule has 1 rings (SSSR count). The van der Waals surface area contributed by atoms with Crippen molar-refractivity contribution in [3.63, 3.8) is 0 Å². The van der Waals surface area contributed by atoms with Crippen molar-refractivity contribution < 1.29 is 4.79 Å². The molecule has 0 saturated heterocycles. The summed E-state index contributed by atoms with van der Waals surface area (Å²) in [6, 6.07) is 6.97. The van der Waals surface area contributed by atoms with Crippen LogP contribution in [0.1, 0.15) is 15.9 Å². The fraction of sp³-hybridized carbons (Fsp3) is 0.100. The first-order chi connectivity index (χ1) is 6.63. The van der Waals surface area contributed by atoms with Crippen LogP contribution < -0.4 is 11.6 Å². The number of hydrazine groups is 1. The van der Waals surface area contributed by atoms with Gasteiger partial charge in [-0.1, -0.05) is 24.3 Å². The molecule has 0 aromatic heterocycles. The predicted molar refractivity (Wildman–Crippen MR) is 55.9 cm³/mol. The van der Waals surface area contributed by atoms with E-state index in [2.05, 4.69) is 0 Å². The Hall–Kier alpha value is -1.81. The average Bonchev–Trinajstić information content (AvgIpc) is 2.17. The van der Waals surface area contributed by atoms with Crippen LogP contribution >= 0.6 is 0 Å². The maximum Gasteiger partial charge on any atom is 0.150 e. The molecule has 4 N–H and O–H groups in total. The molecule has 14 heavy (non-hydrogen) atoms. The van der Waals surface area contributed by atoms with Crippen molar-refractivity contribution >= 4 is 12.0 Å². The van der Waals surface area contributed by atoms with E-state index in [1.165, 1.54) is 5.01 Å². The number of carbonyl (C=O) groups excluding carboxylic acids is 1. The Kier molecular flexibility index (Phi) is 3.25. The lowest BCUT2D eigenvalue weighted by Gasteiger charge is -2.07. The summed E-state index contributed by atoms with van der Waals surface area (Å²) < 4.78 is 0. The van der Waals surface area contributed by atoms with Gasteiger partial charge in [0.25, 0.3) is 0 Å². The predicted octanol–water partition coefficient (Wildman–Crippen LogP) is 0.562. The Labute approximate surface area is 82.8 Å². The minimum absolute atomic E-state index is 0.562. The zero-order chi connectivity index (χ0) is 10.6. The van der Waals surface area contributed by atoms with Gasteiger partial charge in [0.2, 0.25) is 0 Å². The van der Waals surface area contributed by atoms with E-state index in [1.54, 1.807) is 37.5 Å². The summed E-state index contributed by atoms with van der Waals surface area (Å²) >= 11 is 0. The molecule has 0 radical (unpaired) electrons. The van der Waals surface area contributed by atoms with Crippen LogP contribution in [0.5, 0.6) is 0 Å². The molecule has 1 aromatic carbocycles. The van der Waals surface area contributed by atoms with Crippen LogP contribution in [0.3, 0.4) is 0 Å². The molecule has 0 aliphatic heterocycles. The van der Waals surface area contributed by atoms with Gasteiger partial charge in [-0.2, -0.15) is 0 Å². The fourth-order valence-corrected chi connectivity index (χ4v) is 1.05. The molecule has 0 bridgehead atoms. The SMILES string of the molecule is CN(N)/C=C(\N)c1ccc(C=O)cc1. The summed E-state index contributed by atoms with van der Waals surface area (Å²) in [7, 11) is 1.69. The molecule has 0 saturated carbocycles. The standard InChI is InChI=1S/C10H13N3O/c1-13(12)6-10(11)9-4-2-8(7-14)3-5-9/h2-7H,11-12H2,1H3/b10-6-. The second-order valence-electron chi connectivity index (χ2n) is 2.99. The molecular weight excluding hydrogens is 178 g/mol. The van der Waals surface area contributed by atoms with E-state index in [4.69, 9.17) is 11.6 Å². The topological polar surface area (TPSA) is 72.3 Å². The lowest BCUT2D eigenvalue weighted by molar-refractivity contribution is 0.112. The Morgan fingerprint density at radius 1 is 1.36 bits per heavy atom. The highest BCUT2D eigenvalue weighted by molar-refractivity contribution is 5.76. The first kappa shape index (κ1) is 10.3. The van der Waals surface area contributed by atoms with Crippen molar-refractivity contribution in [1.29, 1.82) is 0 Å². The van der Waals surface area contributed by atoms with Gasteiger partial charge in [-0.3, -0.25) is 4.79 Å². The smallest absolute Gasteiger partial charge is 0.150 e. The molecule has 0 atom stereocenters. The number of carbonyl (C=O) groups is 1. The van der Waals surface area contributed by atoms with E-state index in [1.807, 2.05) is 0 Å². The van der Waals surface area contributed by atoms with E-state index in [9.17, 15) is 4.79 Å². The minimum Gasteiger partial charge on any atom is -0.397 e. The third kappa shape index (κ3) is 2.60.